The van der Waals surface area contributed by atoms with E-state index in [-0.39, 0.29) is 29.8 Å². The summed E-state index contributed by atoms with van der Waals surface area (Å²) in [5.41, 5.74) is 1.16. The van der Waals surface area contributed by atoms with E-state index in [1.807, 2.05) is 51.1 Å². The van der Waals surface area contributed by atoms with Gasteiger partial charge in [0.25, 0.3) is 0 Å². The summed E-state index contributed by atoms with van der Waals surface area (Å²) < 4.78 is 31.9. The highest BCUT2D eigenvalue weighted by atomic mass is 35.5. The molecule has 0 aromatic heterocycles. The monoisotopic (exact) mass is 537 g/mol. The predicted molar refractivity (Wildman–Crippen MR) is 144 cm³/mol. The molecule has 2 amide bonds. The Bertz CT molecular complexity index is 1130. The Hall–Kier alpha value is -2.78. The van der Waals surface area contributed by atoms with Gasteiger partial charge in [-0.15, -0.1) is 0 Å². The number of benzene rings is 2. The summed E-state index contributed by atoms with van der Waals surface area (Å²) in [5.74, 6) is -0.255. The lowest BCUT2D eigenvalue weighted by Crippen LogP contribution is -2.53. The molecule has 1 atom stereocenters. The maximum Gasteiger partial charge on any atom is 0.244 e. The Morgan fingerprint density at radius 3 is 2.33 bits per heavy atom. The number of nitrogens with one attached hydrogen (secondary N) is 1. The van der Waals surface area contributed by atoms with Crippen molar-refractivity contribution in [2.45, 2.75) is 39.7 Å². The first-order valence-electron chi connectivity index (χ1n) is 11.9. The van der Waals surface area contributed by atoms with Crippen LogP contribution in [0.4, 0.5) is 5.69 Å². The third-order valence-electron chi connectivity index (χ3n) is 5.64. The number of hydrogen-bond acceptors (Lipinski definition) is 5. The van der Waals surface area contributed by atoms with Crippen LogP contribution in [0.1, 0.15) is 32.8 Å². The van der Waals surface area contributed by atoms with Crippen molar-refractivity contribution in [1.82, 2.24) is 10.2 Å². The lowest BCUT2D eigenvalue weighted by Gasteiger charge is -2.33. The van der Waals surface area contributed by atoms with Gasteiger partial charge in [0.15, 0.2) is 0 Å². The maximum absolute atomic E-state index is 13.7. The predicted octanol–water partition coefficient (Wildman–Crippen LogP) is 3.74. The fraction of sp³-hybridized carbons (Fsp3) is 0.462. The first kappa shape index (κ1) is 29.5. The number of sulfonamides is 1. The van der Waals surface area contributed by atoms with Gasteiger partial charge in [0, 0.05) is 18.1 Å². The number of amides is 2. The number of halogens is 1. The number of hydrogen-bond donors (Lipinski definition) is 1. The molecule has 0 radical (unpaired) electrons. The van der Waals surface area contributed by atoms with Crippen LogP contribution in [-0.2, 0) is 26.0 Å². The fourth-order valence-corrected chi connectivity index (χ4v) is 4.78. The van der Waals surface area contributed by atoms with E-state index in [1.165, 1.54) is 18.1 Å². The van der Waals surface area contributed by atoms with Crippen LogP contribution < -0.4 is 14.4 Å². The van der Waals surface area contributed by atoms with Crippen LogP contribution >= 0.6 is 11.6 Å². The number of carbonyl (C=O) groups excluding carboxylic acids is 2. The minimum atomic E-state index is -3.89. The second-order valence-electron chi connectivity index (χ2n) is 8.97. The van der Waals surface area contributed by atoms with Gasteiger partial charge in [0.05, 0.1) is 19.1 Å². The van der Waals surface area contributed by atoms with Gasteiger partial charge in [-0.25, -0.2) is 8.42 Å². The summed E-state index contributed by atoms with van der Waals surface area (Å²) >= 11 is 6.13. The van der Waals surface area contributed by atoms with Crippen molar-refractivity contribution >= 4 is 39.1 Å². The quantitative estimate of drug-likeness (QED) is 0.420. The topological polar surface area (TPSA) is 96.0 Å². The van der Waals surface area contributed by atoms with Gasteiger partial charge in [-0.2, -0.15) is 0 Å². The minimum Gasteiger partial charge on any atom is -0.495 e. The van der Waals surface area contributed by atoms with Gasteiger partial charge < -0.3 is 15.0 Å². The molecule has 8 nitrogen and oxygen atoms in total. The van der Waals surface area contributed by atoms with Gasteiger partial charge >= 0.3 is 0 Å². The minimum absolute atomic E-state index is 0.154. The van der Waals surface area contributed by atoms with E-state index < -0.39 is 28.5 Å². The van der Waals surface area contributed by atoms with Crippen molar-refractivity contribution in [3.8, 4) is 5.75 Å². The van der Waals surface area contributed by atoms with E-state index in [1.54, 1.807) is 12.1 Å². The second kappa shape index (κ2) is 13.5. The zero-order chi connectivity index (χ0) is 26.9. The molecule has 1 N–H and O–H groups in total. The smallest absolute Gasteiger partial charge is 0.244 e. The van der Waals surface area contributed by atoms with Crippen molar-refractivity contribution in [2.75, 3.05) is 37.3 Å². The van der Waals surface area contributed by atoms with Crippen molar-refractivity contribution in [3.05, 3.63) is 59.1 Å². The number of rotatable bonds is 13. The SMILES string of the molecule is CCC(C(=O)NCC(C)C)N(CCc1ccccc1)C(=O)CN(c1cc(Cl)ccc1OC)S(C)(=O)=O. The molecule has 0 spiro atoms. The van der Waals surface area contributed by atoms with Crippen LogP contribution in [0.5, 0.6) is 5.75 Å². The summed E-state index contributed by atoms with van der Waals surface area (Å²) in [4.78, 5) is 28.2. The molecule has 0 saturated carbocycles. The van der Waals surface area contributed by atoms with Crippen LogP contribution in [0.15, 0.2) is 48.5 Å². The van der Waals surface area contributed by atoms with E-state index >= 15 is 0 Å². The Morgan fingerprint density at radius 2 is 1.78 bits per heavy atom. The molecule has 1 unspecified atom stereocenters. The van der Waals surface area contributed by atoms with Crippen molar-refractivity contribution in [2.24, 2.45) is 5.92 Å². The average molecular weight is 538 g/mol. The summed E-state index contributed by atoms with van der Waals surface area (Å²) in [6.45, 7) is 6.03. The molecular weight excluding hydrogens is 502 g/mol. The van der Waals surface area contributed by atoms with Crippen molar-refractivity contribution in [3.63, 3.8) is 0 Å². The molecule has 0 saturated heterocycles. The molecule has 0 aliphatic rings. The molecular formula is C26H36ClN3O5S. The highest BCUT2D eigenvalue weighted by Gasteiger charge is 2.32. The molecule has 198 valence electrons. The van der Waals surface area contributed by atoms with E-state index in [9.17, 15) is 18.0 Å². The molecule has 0 bridgehead atoms. The van der Waals surface area contributed by atoms with E-state index in [0.717, 1.165) is 16.1 Å². The highest BCUT2D eigenvalue weighted by Crippen LogP contribution is 2.33. The first-order valence-corrected chi connectivity index (χ1v) is 14.1. The lowest BCUT2D eigenvalue weighted by atomic mass is 10.1. The molecule has 0 fully saturated rings. The lowest BCUT2D eigenvalue weighted by molar-refractivity contribution is -0.139. The number of anilines is 1. The van der Waals surface area contributed by atoms with E-state index in [2.05, 4.69) is 5.32 Å². The van der Waals surface area contributed by atoms with Gasteiger partial charge in [-0.1, -0.05) is 62.7 Å². The zero-order valence-electron chi connectivity index (χ0n) is 21.5. The Balaban J connectivity index is 2.41. The van der Waals surface area contributed by atoms with Gasteiger partial charge in [-0.3, -0.25) is 13.9 Å². The molecule has 0 heterocycles. The standard InChI is InChI=1S/C26H36ClN3O5S/c1-6-22(26(32)28-17-19(2)3)29(15-14-20-10-8-7-9-11-20)25(31)18-30(36(5,33)34)23-16-21(27)12-13-24(23)35-4/h7-13,16,19,22H,6,14-15,17-18H2,1-5H3,(H,28,32). The van der Waals surface area contributed by atoms with Crippen molar-refractivity contribution < 1.29 is 22.7 Å². The van der Waals surface area contributed by atoms with Crippen LogP contribution in [0.25, 0.3) is 0 Å². The third-order valence-corrected chi connectivity index (χ3v) is 7.01. The molecule has 36 heavy (non-hydrogen) atoms. The molecule has 2 aromatic rings. The Morgan fingerprint density at radius 1 is 1.11 bits per heavy atom. The third kappa shape index (κ3) is 8.41. The number of nitrogens with zero attached hydrogens (tertiary/aromatic N) is 2. The highest BCUT2D eigenvalue weighted by molar-refractivity contribution is 7.92. The zero-order valence-corrected chi connectivity index (χ0v) is 23.1. The summed E-state index contributed by atoms with van der Waals surface area (Å²) in [7, 11) is -2.48. The fourth-order valence-electron chi connectivity index (χ4n) is 3.77. The van der Waals surface area contributed by atoms with Gasteiger partial charge in [0.1, 0.15) is 18.3 Å². The molecule has 0 aliphatic carbocycles. The van der Waals surface area contributed by atoms with Gasteiger partial charge in [-0.05, 0) is 42.5 Å². The number of methoxy groups -OCH3 is 1. The first-order chi connectivity index (χ1) is 17.0. The van der Waals surface area contributed by atoms with Crippen LogP contribution in [-0.4, -0.2) is 64.2 Å². The van der Waals surface area contributed by atoms with E-state index in [0.29, 0.717) is 24.4 Å². The molecule has 10 heteroatoms. The summed E-state index contributed by atoms with van der Waals surface area (Å²) in [6.07, 6.45) is 1.91. The molecule has 2 rings (SSSR count). The van der Waals surface area contributed by atoms with Crippen molar-refractivity contribution in [1.29, 1.82) is 0 Å². The van der Waals surface area contributed by atoms with Gasteiger partial charge in [0.2, 0.25) is 21.8 Å². The van der Waals surface area contributed by atoms with Crippen LogP contribution in [0.3, 0.4) is 0 Å². The second-order valence-corrected chi connectivity index (χ2v) is 11.3. The Kier molecular flexibility index (Phi) is 11.0. The Labute approximate surface area is 219 Å². The molecule has 2 aromatic carbocycles. The van der Waals surface area contributed by atoms with Crippen LogP contribution in [0, 0.1) is 5.92 Å². The molecule has 0 aliphatic heterocycles. The normalized spacial score (nSPS) is 12.2. The largest absolute Gasteiger partial charge is 0.495 e. The summed E-state index contributed by atoms with van der Waals surface area (Å²) in [6, 6.07) is 13.4. The van der Waals surface area contributed by atoms with Crippen LogP contribution in [0.2, 0.25) is 5.02 Å². The van der Waals surface area contributed by atoms with E-state index in [4.69, 9.17) is 16.3 Å². The average Bonchev–Trinajstić information content (AvgIpc) is 2.83. The number of carbonyl (C=O) groups is 2. The number of ether oxygens (including phenoxy) is 1. The summed E-state index contributed by atoms with van der Waals surface area (Å²) in [5, 5.41) is 3.20. The maximum atomic E-state index is 13.7.